The third-order valence-electron chi connectivity index (χ3n) is 2.75. The number of nitrogens with zero attached hydrogens (tertiary/aromatic N) is 1. The van der Waals surface area contributed by atoms with Crippen LogP contribution < -0.4 is 10.1 Å². The highest BCUT2D eigenvalue weighted by molar-refractivity contribution is 5.85. The number of hydrogen-bond donors (Lipinski definition) is 1. The van der Waals surface area contributed by atoms with E-state index in [1.807, 2.05) is 0 Å². The van der Waals surface area contributed by atoms with Gasteiger partial charge in [-0.25, -0.2) is 0 Å². The van der Waals surface area contributed by atoms with Crippen LogP contribution in [0.1, 0.15) is 24.5 Å². The van der Waals surface area contributed by atoms with Crippen molar-refractivity contribution in [3.8, 4) is 5.75 Å². The summed E-state index contributed by atoms with van der Waals surface area (Å²) in [7, 11) is 0. The Morgan fingerprint density at radius 2 is 1.79 bits per heavy atom. The van der Waals surface area contributed by atoms with Crippen molar-refractivity contribution < 1.29 is 17.9 Å². The predicted octanol–water partition coefficient (Wildman–Crippen LogP) is 3.29. The largest absolute Gasteiger partial charge is 0.573 e. The van der Waals surface area contributed by atoms with Crippen LogP contribution in [0.3, 0.4) is 0 Å². The monoisotopic (exact) mass is 318 g/mol. The zero-order chi connectivity index (χ0) is 12.3. The second-order valence-corrected chi connectivity index (χ2v) is 3.99. The molecule has 1 aliphatic heterocycles. The first-order chi connectivity index (χ1) is 8.04. The lowest BCUT2D eigenvalue weighted by Gasteiger charge is -2.22. The topological polar surface area (TPSA) is 34.1 Å². The van der Waals surface area contributed by atoms with Gasteiger partial charge >= 0.3 is 6.36 Å². The molecule has 1 aliphatic rings. The fourth-order valence-corrected chi connectivity index (χ4v) is 1.94. The second-order valence-electron chi connectivity index (χ2n) is 3.99. The van der Waals surface area contributed by atoms with E-state index in [9.17, 15) is 13.2 Å². The van der Waals surface area contributed by atoms with Crippen LogP contribution in [0.2, 0.25) is 0 Å². The first kappa shape index (κ1) is 18.3. The van der Waals surface area contributed by atoms with Crippen LogP contribution in [0.25, 0.3) is 0 Å². The summed E-state index contributed by atoms with van der Waals surface area (Å²) in [6, 6.07) is 2.93. The number of pyridine rings is 1. The van der Waals surface area contributed by atoms with Gasteiger partial charge in [0.05, 0.1) is 6.20 Å². The molecule has 3 nitrogen and oxygen atoms in total. The molecule has 0 spiro atoms. The summed E-state index contributed by atoms with van der Waals surface area (Å²) in [5, 5.41) is 3.23. The molecule has 0 amide bonds. The zero-order valence-corrected chi connectivity index (χ0v) is 11.6. The van der Waals surface area contributed by atoms with Crippen molar-refractivity contribution in [2.75, 3.05) is 13.1 Å². The molecule has 110 valence electrons. The average Bonchev–Trinajstić information content (AvgIpc) is 2.29. The number of ether oxygens (including phenoxy) is 1. The van der Waals surface area contributed by atoms with Crippen LogP contribution in [0.5, 0.6) is 5.75 Å². The first-order valence-corrected chi connectivity index (χ1v) is 5.47. The van der Waals surface area contributed by atoms with E-state index in [0.29, 0.717) is 5.92 Å². The Balaban J connectivity index is 0.00000162. The fourth-order valence-electron chi connectivity index (χ4n) is 1.94. The van der Waals surface area contributed by atoms with Gasteiger partial charge in [-0.1, -0.05) is 0 Å². The third-order valence-corrected chi connectivity index (χ3v) is 2.75. The van der Waals surface area contributed by atoms with E-state index in [-0.39, 0.29) is 30.6 Å². The van der Waals surface area contributed by atoms with Gasteiger partial charge in [0.1, 0.15) is 5.75 Å². The Labute approximate surface area is 121 Å². The van der Waals surface area contributed by atoms with Crippen molar-refractivity contribution in [2.24, 2.45) is 0 Å². The summed E-state index contributed by atoms with van der Waals surface area (Å²) in [6.07, 6.45) is -1.60. The van der Waals surface area contributed by atoms with Crippen molar-refractivity contribution in [1.29, 1.82) is 0 Å². The number of alkyl halides is 3. The minimum Gasteiger partial charge on any atom is -0.404 e. The molecule has 19 heavy (non-hydrogen) atoms. The van der Waals surface area contributed by atoms with E-state index in [4.69, 9.17) is 0 Å². The van der Waals surface area contributed by atoms with E-state index in [2.05, 4.69) is 15.0 Å². The normalized spacial score (nSPS) is 16.2. The standard InChI is InChI=1S/C11H13F3N2O.2ClH/c12-11(13,14)17-9-1-2-10(16-7-9)8-3-5-15-6-4-8;;/h1-2,7-8,15H,3-6H2;2*1H. The lowest BCUT2D eigenvalue weighted by molar-refractivity contribution is -0.274. The minimum atomic E-state index is -4.65. The lowest BCUT2D eigenvalue weighted by atomic mass is 9.94. The molecule has 8 heteroatoms. The molecule has 1 fully saturated rings. The highest BCUT2D eigenvalue weighted by Crippen LogP contribution is 2.26. The molecule has 2 rings (SSSR count). The molecule has 2 heterocycles. The van der Waals surface area contributed by atoms with Crippen molar-refractivity contribution in [1.82, 2.24) is 10.3 Å². The van der Waals surface area contributed by atoms with Crippen molar-refractivity contribution in [3.63, 3.8) is 0 Å². The smallest absolute Gasteiger partial charge is 0.404 e. The van der Waals surface area contributed by atoms with Gasteiger partial charge in [-0.3, -0.25) is 4.98 Å². The van der Waals surface area contributed by atoms with E-state index < -0.39 is 6.36 Å². The van der Waals surface area contributed by atoms with E-state index in [1.165, 1.54) is 6.07 Å². The van der Waals surface area contributed by atoms with Gasteiger partial charge in [-0.05, 0) is 38.1 Å². The van der Waals surface area contributed by atoms with Crippen LogP contribution in [0, 0.1) is 0 Å². The van der Waals surface area contributed by atoms with Crippen molar-refractivity contribution >= 4 is 24.8 Å². The molecular formula is C11H15Cl2F3N2O. The van der Waals surface area contributed by atoms with Crippen LogP contribution >= 0.6 is 24.8 Å². The average molecular weight is 319 g/mol. The Morgan fingerprint density at radius 3 is 2.26 bits per heavy atom. The molecule has 0 unspecified atom stereocenters. The summed E-state index contributed by atoms with van der Waals surface area (Å²) >= 11 is 0. The number of nitrogens with one attached hydrogen (secondary N) is 1. The Morgan fingerprint density at radius 1 is 1.16 bits per heavy atom. The van der Waals surface area contributed by atoms with Crippen molar-refractivity contribution in [3.05, 3.63) is 24.0 Å². The maximum absolute atomic E-state index is 11.9. The Kier molecular flexibility index (Phi) is 7.47. The molecule has 0 aliphatic carbocycles. The predicted molar refractivity (Wildman–Crippen MR) is 70.3 cm³/mol. The highest BCUT2D eigenvalue weighted by Gasteiger charge is 2.31. The minimum absolute atomic E-state index is 0. The van der Waals surface area contributed by atoms with Crippen molar-refractivity contribution in [2.45, 2.75) is 25.1 Å². The molecule has 0 bridgehead atoms. The molecular weight excluding hydrogens is 304 g/mol. The molecule has 1 aromatic heterocycles. The van der Waals surface area contributed by atoms with Crippen LogP contribution in [0.15, 0.2) is 18.3 Å². The number of aromatic nitrogens is 1. The number of piperidine rings is 1. The number of rotatable bonds is 2. The lowest BCUT2D eigenvalue weighted by Crippen LogP contribution is -2.27. The Hall–Kier alpha value is -0.720. The molecule has 1 N–H and O–H groups in total. The summed E-state index contributed by atoms with van der Waals surface area (Å²) in [6.45, 7) is 1.85. The molecule has 0 radical (unpaired) electrons. The Bertz CT molecular complexity index is 367. The summed E-state index contributed by atoms with van der Waals surface area (Å²) in [5.41, 5.74) is 0.834. The second kappa shape index (κ2) is 7.77. The number of halogens is 5. The SMILES string of the molecule is Cl.Cl.FC(F)(F)Oc1ccc(C2CCNCC2)nc1. The van der Waals surface area contributed by atoms with E-state index >= 15 is 0 Å². The van der Waals surface area contributed by atoms with Gasteiger partial charge in [0, 0.05) is 11.6 Å². The van der Waals surface area contributed by atoms with Crippen LogP contribution in [-0.4, -0.2) is 24.4 Å². The summed E-state index contributed by atoms with van der Waals surface area (Å²) in [5.74, 6) is 0.0615. The highest BCUT2D eigenvalue weighted by atomic mass is 35.5. The van der Waals surface area contributed by atoms with Gasteiger partial charge in [-0.15, -0.1) is 38.0 Å². The van der Waals surface area contributed by atoms with Gasteiger partial charge in [0.25, 0.3) is 0 Å². The summed E-state index contributed by atoms with van der Waals surface area (Å²) in [4.78, 5) is 4.03. The van der Waals surface area contributed by atoms with Gasteiger partial charge in [0.15, 0.2) is 0 Å². The van der Waals surface area contributed by atoms with E-state index in [1.54, 1.807) is 6.07 Å². The number of hydrogen-bond acceptors (Lipinski definition) is 3. The first-order valence-electron chi connectivity index (χ1n) is 5.47. The third kappa shape index (κ3) is 5.84. The van der Waals surface area contributed by atoms with Crippen LogP contribution in [-0.2, 0) is 0 Å². The van der Waals surface area contributed by atoms with E-state index in [0.717, 1.165) is 37.8 Å². The molecule has 0 saturated carbocycles. The molecule has 0 aromatic carbocycles. The summed E-state index contributed by atoms with van der Waals surface area (Å²) < 4.78 is 39.6. The fraction of sp³-hybridized carbons (Fsp3) is 0.545. The molecule has 1 aromatic rings. The zero-order valence-electron chi connectivity index (χ0n) is 9.94. The quantitative estimate of drug-likeness (QED) is 0.908. The van der Waals surface area contributed by atoms with Crippen LogP contribution in [0.4, 0.5) is 13.2 Å². The van der Waals surface area contributed by atoms with Gasteiger partial charge in [0.2, 0.25) is 0 Å². The maximum atomic E-state index is 11.9. The molecule has 0 atom stereocenters. The molecule has 1 saturated heterocycles. The maximum Gasteiger partial charge on any atom is 0.573 e. The van der Waals surface area contributed by atoms with Gasteiger partial charge in [-0.2, -0.15) is 0 Å². The van der Waals surface area contributed by atoms with Gasteiger partial charge < -0.3 is 10.1 Å².